The summed E-state index contributed by atoms with van der Waals surface area (Å²) in [6.45, 7) is 2.74. The second-order valence-electron chi connectivity index (χ2n) is 5.11. The van der Waals surface area contributed by atoms with Crippen LogP contribution in [-0.2, 0) is 6.61 Å². The average molecular weight is 363 g/mol. The molecule has 0 saturated carbocycles. The summed E-state index contributed by atoms with van der Waals surface area (Å²) in [4.78, 5) is 6.51. The summed E-state index contributed by atoms with van der Waals surface area (Å²) in [6, 6.07) is 4.02. The Morgan fingerprint density at radius 1 is 1.52 bits per heavy atom. The smallest absolute Gasteiger partial charge is 0.264 e. The van der Waals surface area contributed by atoms with Crippen LogP contribution in [0.4, 0.5) is 4.39 Å². The highest BCUT2D eigenvalue weighted by Crippen LogP contribution is 2.26. The van der Waals surface area contributed by atoms with E-state index in [2.05, 4.69) is 20.4 Å². The summed E-state index contributed by atoms with van der Waals surface area (Å²) in [6.07, 6.45) is 0. The van der Waals surface area contributed by atoms with E-state index < -0.39 is 5.82 Å². The topological polar surface area (TPSA) is 63.4 Å². The number of ether oxygens (including phenoxy) is 1. The van der Waals surface area contributed by atoms with Crippen LogP contribution in [0.15, 0.2) is 22.7 Å². The van der Waals surface area contributed by atoms with Crippen molar-refractivity contribution in [2.24, 2.45) is 0 Å². The van der Waals surface area contributed by atoms with Crippen LogP contribution in [0.5, 0.6) is 5.75 Å². The van der Waals surface area contributed by atoms with Gasteiger partial charge in [-0.3, -0.25) is 4.90 Å². The maximum absolute atomic E-state index is 13.0. The molecule has 1 atom stereocenters. The van der Waals surface area contributed by atoms with E-state index in [1.165, 1.54) is 18.2 Å². The molecule has 1 saturated heterocycles. The molecular formula is C14H17Cl2FN4O2. The predicted octanol–water partition coefficient (Wildman–Crippen LogP) is 2.44. The van der Waals surface area contributed by atoms with E-state index in [0.29, 0.717) is 17.5 Å². The van der Waals surface area contributed by atoms with Crippen molar-refractivity contribution in [1.29, 1.82) is 0 Å². The van der Waals surface area contributed by atoms with Gasteiger partial charge in [0.1, 0.15) is 11.6 Å². The third kappa shape index (κ3) is 4.32. The molecule has 0 radical (unpaired) electrons. The second-order valence-corrected chi connectivity index (χ2v) is 5.52. The lowest BCUT2D eigenvalue weighted by Crippen LogP contribution is -2.44. The molecule has 23 heavy (non-hydrogen) atoms. The zero-order chi connectivity index (χ0) is 15.5. The zero-order valence-corrected chi connectivity index (χ0v) is 14.0. The summed E-state index contributed by atoms with van der Waals surface area (Å²) >= 11 is 5.90. The van der Waals surface area contributed by atoms with Crippen LogP contribution < -0.4 is 10.1 Å². The molecule has 9 heteroatoms. The summed E-state index contributed by atoms with van der Waals surface area (Å²) < 4.78 is 23.6. The first-order chi connectivity index (χ1) is 10.6. The van der Waals surface area contributed by atoms with Gasteiger partial charge in [-0.2, -0.15) is 4.98 Å². The minimum Gasteiger partial charge on any atom is -0.482 e. The Balaban J connectivity index is 0.00000192. The van der Waals surface area contributed by atoms with Crippen LogP contribution in [0.1, 0.15) is 17.8 Å². The fraction of sp³-hybridized carbons (Fsp3) is 0.429. The third-order valence-corrected chi connectivity index (χ3v) is 3.83. The first-order valence-electron chi connectivity index (χ1n) is 6.95. The molecule has 1 unspecified atom stereocenters. The van der Waals surface area contributed by atoms with Gasteiger partial charge in [0.15, 0.2) is 12.4 Å². The highest BCUT2D eigenvalue weighted by atomic mass is 35.5. The molecule has 0 spiro atoms. The number of nitrogens with zero attached hydrogens (tertiary/aromatic N) is 3. The maximum Gasteiger partial charge on any atom is 0.264 e. The Morgan fingerprint density at radius 2 is 2.35 bits per heavy atom. The molecule has 1 N–H and O–H groups in total. The number of benzene rings is 1. The number of hydrogen-bond acceptors (Lipinski definition) is 6. The van der Waals surface area contributed by atoms with E-state index >= 15 is 0 Å². The molecule has 2 heterocycles. The van der Waals surface area contributed by atoms with Gasteiger partial charge < -0.3 is 14.6 Å². The van der Waals surface area contributed by atoms with Gasteiger partial charge in [0.2, 0.25) is 0 Å². The predicted molar refractivity (Wildman–Crippen MR) is 85.5 cm³/mol. The lowest BCUT2D eigenvalue weighted by atomic mass is 10.2. The van der Waals surface area contributed by atoms with E-state index in [1.54, 1.807) is 0 Å². The molecule has 126 valence electrons. The van der Waals surface area contributed by atoms with Crippen molar-refractivity contribution in [3.63, 3.8) is 0 Å². The van der Waals surface area contributed by atoms with Crippen molar-refractivity contribution < 1.29 is 13.7 Å². The molecule has 0 aliphatic carbocycles. The van der Waals surface area contributed by atoms with Crippen LogP contribution in [0.2, 0.25) is 5.02 Å². The van der Waals surface area contributed by atoms with Gasteiger partial charge in [-0.25, -0.2) is 4.39 Å². The summed E-state index contributed by atoms with van der Waals surface area (Å²) in [5, 5.41) is 7.50. The van der Waals surface area contributed by atoms with Crippen LogP contribution in [0, 0.1) is 5.82 Å². The summed E-state index contributed by atoms with van der Waals surface area (Å²) in [7, 11) is 2.02. The van der Waals surface area contributed by atoms with Crippen LogP contribution >= 0.6 is 24.0 Å². The van der Waals surface area contributed by atoms with Gasteiger partial charge in [0.05, 0.1) is 11.1 Å². The van der Waals surface area contributed by atoms with Crippen LogP contribution in [0.25, 0.3) is 0 Å². The fourth-order valence-electron chi connectivity index (χ4n) is 2.29. The van der Waals surface area contributed by atoms with Crippen molar-refractivity contribution in [3.05, 3.63) is 40.8 Å². The first kappa shape index (κ1) is 17.9. The summed E-state index contributed by atoms with van der Waals surface area (Å²) in [5.74, 6) is 0.942. The molecule has 0 amide bonds. The Hall–Kier alpha value is -1.41. The molecule has 1 aromatic heterocycles. The third-order valence-electron chi connectivity index (χ3n) is 3.54. The van der Waals surface area contributed by atoms with Crippen molar-refractivity contribution >= 4 is 24.0 Å². The molecule has 1 fully saturated rings. The Bertz CT molecular complexity index is 655. The van der Waals surface area contributed by atoms with Crippen LogP contribution in [0.3, 0.4) is 0 Å². The van der Waals surface area contributed by atoms with E-state index in [4.69, 9.17) is 20.9 Å². The Morgan fingerprint density at radius 3 is 3.09 bits per heavy atom. The van der Waals surface area contributed by atoms with Crippen molar-refractivity contribution in [1.82, 2.24) is 20.4 Å². The first-order valence-corrected chi connectivity index (χ1v) is 7.32. The Labute approximate surface area is 144 Å². The monoisotopic (exact) mass is 362 g/mol. The SMILES string of the molecule is CN1CCNCC1c1noc(COc2ccc(F)cc2Cl)n1.Cl. The zero-order valence-electron chi connectivity index (χ0n) is 12.5. The number of aromatic nitrogens is 2. The number of hydrogen-bond donors (Lipinski definition) is 1. The second kappa shape index (κ2) is 7.92. The standard InChI is InChI=1S/C14H16ClFN4O2.ClH/c1-20-5-4-17-7-11(20)14-18-13(22-19-14)8-21-12-3-2-9(16)6-10(12)15;/h2-3,6,11,17H,4-5,7-8H2,1H3;1H. The molecule has 1 aliphatic heterocycles. The van der Waals surface area contributed by atoms with E-state index in [0.717, 1.165) is 19.6 Å². The van der Waals surface area contributed by atoms with Crippen molar-refractivity contribution in [2.75, 3.05) is 26.7 Å². The van der Waals surface area contributed by atoms with Gasteiger partial charge in [0, 0.05) is 19.6 Å². The Kier molecular flexibility index (Phi) is 6.17. The molecule has 3 rings (SSSR count). The van der Waals surface area contributed by atoms with E-state index in [9.17, 15) is 4.39 Å². The molecule has 0 bridgehead atoms. The van der Waals surface area contributed by atoms with Crippen LogP contribution in [-0.4, -0.2) is 41.7 Å². The largest absolute Gasteiger partial charge is 0.482 e. The molecule has 1 aromatic carbocycles. The number of piperazine rings is 1. The molecular weight excluding hydrogens is 346 g/mol. The normalized spacial score (nSPS) is 18.5. The van der Waals surface area contributed by atoms with E-state index in [1.807, 2.05) is 7.05 Å². The fourth-order valence-corrected chi connectivity index (χ4v) is 2.51. The number of nitrogens with one attached hydrogen (secondary N) is 1. The van der Waals surface area contributed by atoms with Gasteiger partial charge in [-0.05, 0) is 25.2 Å². The molecule has 2 aromatic rings. The molecule has 6 nitrogen and oxygen atoms in total. The summed E-state index contributed by atoms with van der Waals surface area (Å²) in [5.41, 5.74) is 0. The average Bonchev–Trinajstić information content (AvgIpc) is 2.95. The van der Waals surface area contributed by atoms with Crippen molar-refractivity contribution in [2.45, 2.75) is 12.6 Å². The lowest BCUT2D eigenvalue weighted by molar-refractivity contribution is 0.189. The van der Waals surface area contributed by atoms with Gasteiger partial charge >= 0.3 is 0 Å². The maximum atomic E-state index is 13.0. The number of halogens is 3. The van der Waals surface area contributed by atoms with Gasteiger partial charge in [-0.15, -0.1) is 12.4 Å². The number of likely N-dealkylation sites (N-methyl/N-ethyl adjacent to an activating group) is 1. The highest BCUT2D eigenvalue weighted by Gasteiger charge is 2.25. The number of rotatable bonds is 4. The van der Waals surface area contributed by atoms with E-state index in [-0.39, 0.29) is 30.1 Å². The quantitative estimate of drug-likeness (QED) is 0.900. The minimum atomic E-state index is -0.412. The van der Waals surface area contributed by atoms with Gasteiger partial charge in [-0.1, -0.05) is 16.8 Å². The lowest BCUT2D eigenvalue weighted by Gasteiger charge is -2.30. The molecule has 1 aliphatic rings. The van der Waals surface area contributed by atoms with Gasteiger partial charge in [0.25, 0.3) is 5.89 Å². The van der Waals surface area contributed by atoms with Crippen molar-refractivity contribution in [3.8, 4) is 5.75 Å². The highest BCUT2D eigenvalue weighted by molar-refractivity contribution is 6.32. The minimum absolute atomic E-state index is 0.